The number of rotatable bonds is 7. The van der Waals surface area contributed by atoms with Crippen LogP contribution >= 0.6 is 0 Å². The van der Waals surface area contributed by atoms with E-state index in [1.54, 1.807) is 18.2 Å². The second-order valence-corrected chi connectivity index (χ2v) is 5.73. The lowest BCUT2D eigenvalue weighted by Gasteiger charge is -2.25. The van der Waals surface area contributed by atoms with Gasteiger partial charge in [-0.3, -0.25) is 0 Å². The van der Waals surface area contributed by atoms with Crippen molar-refractivity contribution in [3.05, 3.63) is 42.2 Å². The number of halogens is 1. The van der Waals surface area contributed by atoms with Gasteiger partial charge >= 0.3 is 0 Å². The van der Waals surface area contributed by atoms with Gasteiger partial charge in [-0.25, -0.2) is 4.39 Å². The first-order valence-electron chi connectivity index (χ1n) is 7.56. The molecule has 0 aliphatic heterocycles. The van der Waals surface area contributed by atoms with Crippen molar-refractivity contribution in [2.24, 2.45) is 11.8 Å². The molecule has 3 nitrogen and oxygen atoms in total. The summed E-state index contributed by atoms with van der Waals surface area (Å²) in [6, 6.07) is 6.44. The van der Waals surface area contributed by atoms with E-state index in [0.29, 0.717) is 24.1 Å². The molecule has 3 unspecified atom stereocenters. The number of nitrogens with one attached hydrogen (secondary N) is 1. The van der Waals surface area contributed by atoms with E-state index in [-0.39, 0.29) is 19.0 Å². The van der Waals surface area contributed by atoms with Crippen molar-refractivity contribution in [1.29, 1.82) is 0 Å². The molecule has 116 valence electrons. The van der Waals surface area contributed by atoms with Crippen molar-refractivity contribution in [2.75, 3.05) is 25.1 Å². The zero-order chi connectivity index (χ0) is 15.1. The Morgan fingerprint density at radius 3 is 2.86 bits per heavy atom. The van der Waals surface area contributed by atoms with Gasteiger partial charge in [0.05, 0.1) is 25.0 Å². The number of anilines is 1. The Kier molecular flexibility index (Phi) is 6.21. The third-order valence-electron chi connectivity index (χ3n) is 3.96. The molecule has 1 aromatic rings. The van der Waals surface area contributed by atoms with Gasteiger partial charge in [-0.2, -0.15) is 0 Å². The molecule has 21 heavy (non-hydrogen) atoms. The first-order chi connectivity index (χ1) is 10.2. The van der Waals surface area contributed by atoms with Crippen molar-refractivity contribution in [3.63, 3.8) is 0 Å². The minimum Gasteiger partial charge on any atom is -0.389 e. The van der Waals surface area contributed by atoms with Crippen LogP contribution in [0.3, 0.4) is 0 Å². The summed E-state index contributed by atoms with van der Waals surface area (Å²) in [5, 5.41) is 12.8. The topological polar surface area (TPSA) is 41.5 Å². The SMILES string of the molecule is CC1CC=CCC1COCC(O)CNc1ccccc1F. The average molecular weight is 293 g/mol. The number of allylic oxidation sites excluding steroid dienone is 2. The van der Waals surface area contributed by atoms with E-state index in [2.05, 4.69) is 24.4 Å². The Labute approximate surface area is 125 Å². The monoisotopic (exact) mass is 293 g/mol. The van der Waals surface area contributed by atoms with Crippen molar-refractivity contribution >= 4 is 5.69 Å². The van der Waals surface area contributed by atoms with Crippen LogP contribution in [0, 0.1) is 17.7 Å². The van der Waals surface area contributed by atoms with Crippen molar-refractivity contribution in [2.45, 2.75) is 25.9 Å². The van der Waals surface area contributed by atoms with E-state index in [1.807, 2.05) is 0 Å². The molecule has 2 rings (SSSR count). The Morgan fingerprint density at radius 1 is 1.33 bits per heavy atom. The molecule has 0 aromatic heterocycles. The van der Waals surface area contributed by atoms with Gasteiger partial charge < -0.3 is 15.2 Å². The number of hydrogen-bond acceptors (Lipinski definition) is 3. The van der Waals surface area contributed by atoms with Crippen LogP contribution in [0.1, 0.15) is 19.8 Å². The maximum absolute atomic E-state index is 13.4. The standard InChI is InChI=1S/C17H24FNO2/c1-13-6-2-3-7-14(13)11-21-12-15(20)10-19-17-9-5-4-8-16(17)18/h2-5,8-9,13-15,19-20H,6-7,10-12H2,1H3. The van der Waals surface area contributed by atoms with E-state index in [0.717, 1.165) is 12.8 Å². The summed E-state index contributed by atoms with van der Waals surface area (Å²) in [6.07, 6.45) is 5.92. The number of benzene rings is 1. The maximum Gasteiger partial charge on any atom is 0.146 e. The van der Waals surface area contributed by atoms with E-state index in [4.69, 9.17) is 4.74 Å². The number of aliphatic hydroxyl groups is 1. The van der Waals surface area contributed by atoms with Gasteiger partial charge in [0, 0.05) is 6.54 Å². The fourth-order valence-corrected chi connectivity index (χ4v) is 2.49. The van der Waals surface area contributed by atoms with Crippen molar-refractivity contribution < 1.29 is 14.2 Å². The lowest BCUT2D eigenvalue weighted by molar-refractivity contribution is 0.0175. The molecule has 1 aromatic carbocycles. The minimum atomic E-state index is -0.640. The lowest BCUT2D eigenvalue weighted by Crippen LogP contribution is -2.28. The molecule has 0 heterocycles. The Morgan fingerprint density at radius 2 is 2.10 bits per heavy atom. The predicted molar refractivity (Wildman–Crippen MR) is 82.7 cm³/mol. The fourth-order valence-electron chi connectivity index (χ4n) is 2.49. The van der Waals surface area contributed by atoms with E-state index < -0.39 is 6.10 Å². The average Bonchev–Trinajstić information content (AvgIpc) is 2.48. The zero-order valence-corrected chi connectivity index (χ0v) is 12.5. The molecule has 0 saturated carbocycles. The third kappa shape index (κ3) is 5.14. The summed E-state index contributed by atoms with van der Waals surface area (Å²) in [6.45, 7) is 3.45. The number of para-hydroxylation sites is 1. The molecular weight excluding hydrogens is 269 g/mol. The van der Waals surface area contributed by atoms with Gasteiger partial charge in [0.25, 0.3) is 0 Å². The van der Waals surface area contributed by atoms with Crippen LogP contribution in [-0.2, 0) is 4.74 Å². The van der Waals surface area contributed by atoms with Gasteiger partial charge in [0.2, 0.25) is 0 Å². The van der Waals surface area contributed by atoms with Crippen LogP contribution in [-0.4, -0.2) is 31.0 Å². The van der Waals surface area contributed by atoms with Gasteiger partial charge in [-0.15, -0.1) is 0 Å². The molecular formula is C17H24FNO2. The van der Waals surface area contributed by atoms with Crippen molar-refractivity contribution in [1.82, 2.24) is 0 Å². The lowest BCUT2D eigenvalue weighted by atomic mass is 9.85. The third-order valence-corrected chi connectivity index (χ3v) is 3.96. The van der Waals surface area contributed by atoms with E-state index >= 15 is 0 Å². The maximum atomic E-state index is 13.4. The molecule has 1 aliphatic rings. The van der Waals surface area contributed by atoms with Gasteiger partial charge in [0.15, 0.2) is 0 Å². The Balaban J connectivity index is 1.65. The molecule has 0 bridgehead atoms. The molecule has 2 N–H and O–H groups in total. The highest BCUT2D eigenvalue weighted by molar-refractivity contribution is 5.44. The van der Waals surface area contributed by atoms with Crippen molar-refractivity contribution in [3.8, 4) is 0 Å². The number of hydrogen-bond donors (Lipinski definition) is 2. The molecule has 4 heteroatoms. The van der Waals surface area contributed by atoms with Crippen LogP contribution in [0.25, 0.3) is 0 Å². The first-order valence-corrected chi connectivity index (χ1v) is 7.56. The second kappa shape index (κ2) is 8.15. The van der Waals surface area contributed by atoms with Gasteiger partial charge in [-0.05, 0) is 36.8 Å². The largest absolute Gasteiger partial charge is 0.389 e. The normalized spacial score (nSPS) is 23.0. The molecule has 1 aliphatic carbocycles. The molecule has 0 radical (unpaired) electrons. The first kappa shape index (κ1) is 16.0. The molecule has 3 atom stereocenters. The summed E-state index contributed by atoms with van der Waals surface area (Å²) in [4.78, 5) is 0. The smallest absolute Gasteiger partial charge is 0.146 e. The van der Waals surface area contributed by atoms with Crippen LogP contribution < -0.4 is 5.32 Å². The highest BCUT2D eigenvalue weighted by atomic mass is 19.1. The van der Waals surface area contributed by atoms with Crippen LogP contribution in [0.15, 0.2) is 36.4 Å². The second-order valence-electron chi connectivity index (χ2n) is 5.73. The predicted octanol–water partition coefficient (Wildman–Crippen LogP) is 3.22. The Bertz CT molecular complexity index is 464. The summed E-state index contributed by atoms with van der Waals surface area (Å²) in [7, 11) is 0. The Hall–Kier alpha value is -1.39. The summed E-state index contributed by atoms with van der Waals surface area (Å²) < 4.78 is 19.0. The number of aliphatic hydroxyl groups excluding tert-OH is 1. The zero-order valence-electron chi connectivity index (χ0n) is 12.5. The van der Waals surface area contributed by atoms with Gasteiger partial charge in [0.1, 0.15) is 5.82 Å². The van der Waals surface area contributed by atoms with E-state index in [9.17, 15) is 9.50 Å². The van der Waals surface area contributed by atoms with Crippen LogP contribution in [0.4, 0.5) is 10.1 Å². The van der Waals surface area contributed by atoms with Crippen LogP contribution in [0.2, 0.25) is 0 Å². The summed E-state index contributed by atoms with van der Waals surface area (Å²) in [5.74, 6) is 0.846. The number of ether oxygens (including phenoxy) is 1. The molecule has 0 fully saturated rings. The molecule has 0 amide bonds. The highest BCUT2D eigenvalue weighted by Crippen LogP contribution is 2.25. The summed E-state index contributed by atoms with van der Waals surface area (Å²) >= 11 is 0. The quantitative estimate of drug-likeness (QED) is 0.759. The fraction of sp³-hybridized carbons (Fsp3) is 0.529. The highest BCUT2D eigenvalue weighted by Gasteiger charge is 2.18. The van der Waals surface area contributed by atoms with Gasteiger partial charge in [-0.1, -0.05) is 31.2 Å². The molecule has 0 spiro atoms. The van der Waals surface area contributed by atoms with E-state index in [1.165, 1.54) is 6.07 Å². The summed E-state index contributed by atoms with van der Waals surface area (Å²) in [5.41, 5.74) is 0.405. The molecule has 0 saturated heterocycles. The minimum absolute atomic E-state index is 0.272. The van der Waals surface area contributed by atoms with Crippen LogP contribution in [0.5, 0.6) is 0 Å².